The van der Waals surface area contributed by atoms with Crippen molar-refractivity contribution in [3.05, 3.63) is 29.3 Å². The lowest BCUT2D eigenvalue weighted by molar-refractivity contribution is -0.122. The molecule has 1 aromatic carbocycles. The van der Waals surface area contributed by atoms with Crippen molar-refractivity contribution in [2.45, 2.75) is 62.0 Å². The summed E-state index contributed by atoms with van der Waals surface area (Å²) in [6.45, 7) is 0.986. The van der Waals surface area contributed by atoms with Gasteiger partial charge in [-0.1, -0.05) is 30.9 Å². The summed E-state index contributed by atoms with van der Waals surface area (Å²) in [4.78, 5) is 12.7. The number of nitrogens with zero attached hydrogens (tertiary/aromatic N) is 1. The van der Waals surface area contributed by atoms with E-state index in [-0.39, 0.29) is 29.5 Å². The zero-order valence-corrected chi connectivity index (χ0v) is 17.0. The molecule has 8 heteroatoms. The molecule has 1 N–H and O–H groups in total. The molecule has 3 rings (SSSR count). The van der Waals surface area contributed by atoms with E-state index in [0.717, 1.165) is 51.6 Å². The maximum Gasteiger partial charge on any atom is 0.243 e. The zero-order valence-electron chi connectivity index (χ0n) is 15.4. The van der Waals surface area contributed by atoms with E-state index in [4.69, 9.17) is 16.3 Å². The predicted molar refractivity (Wildman–Crippen MR) is 104 cm³/mol. The van der Waals surface area contributed by atoms with E-state index in [2.05, 4.69) is 5.32 Å². The number of carbonyl (C=O) groups excluding carboxylic acids is 1. The van der Waals surface area contributed by atoms with Crippen molar-refractivity contribution in [2.24, 2.45) is 0 Å². The number of rotatable bonds is 7. The predicted octanol–water partition coefficient (Wildman–Crippen LogP) is 2.96. The molecule has 0 aromatic heterocycles. The molecule has 0 radical (unpaired) electrons. The highest BCUT2D eigenvalue weighted by molar-refractivity contribution is 7.89. The number of halogens is 1. The smallest absolute Gasteiger partial charge is 0.243 e. The second-order valence-corrected chi connectivity index (χ2v) is 9.56. The molecule has 1 saturated heterocycles. The average Bonchev–Trinajstić information content (AvgIpc) is 3.19. The minimum Gasteiger partial charge on any atom is -0.376 e. The van der Waals surface area contributed by atoms with E-state index >= 15 is 0 Å². The van der Waals surface area contributed by atoms with Crippen molar-refractivity contribution in [3.8, 4) is 0 Å². The van der Waals surface area contributed by atoms with E-state index in [0.29, 0.717) is 11.6 Å². The first-order valence-electron chi connectivity index (χ1n) is 9.62. The minimum atomic E-state index is -3.77. The standard InChI is InChI=1S/C19H27ClN2O4S/c20-15-8-10-18(11-9-15)27(24,25)22(16-5-2-1-3-6-16)14-19(23)21-13-17-7-4-12-26-17/h8-11,16-17H,1-7,12-14H2,(H,21,23). The topological polar surface area (TPSA) is 75.7 Å². The van der Waals surface area contributed by atoms with Crippen molar-refractivity contribution in [1.82, 2.24) is 9.62 Å². The van der Waals surface area contributed by atoms with E-state index in [1.54, 1.807) is 12.1 Å². The van der Waals surface area contributed by atoms with Crippen molar-refractivity contribution in [3.63, 3.8) is 0 Å². The zero-order chi connectivity index (χ0) is 19.3. The van der Waals surface area contributed by atoms with Gasteiger partial charge in [-0.05, 0) is 49.9 Å². The third-order valence-corrected chi connectivity index (χ3v) is 7.42. The second-order valence-electron chi connectivity index (χ2n) is 7.24. The van der Waals surface area contributed by atoms with Crippen molar-refractivity contribution in [2.75, 3.05) is 19.7 Å². The Labute approximate surface area is 166 Å². The fraction of sp³-hybridized carbons (Fsp3) is 0.632. The summed E-state index contributed by atoms with van der Waals surface area (Å²) >= 11 is 5.89. The molecule has 1 amide bonds. The highest BCUT2D eigenvalue weighted by atomic mass is 35.5. The number of carbonyl (C=O) groups is 1. The summed E-state index contributed by atoms with van der Waals surface area (Å²) in [7, 11) is -3.77. The number of hydrogen-bond acceptors (Lipinski definition) is 4. The Kier molecular flexibility index (Phi) is 7.14. The summed E-state index contributed by atoms with van der Waals surface area (Å²) in [5.41, 5.74) is 0. The van der Waals surface area contributed by atoms with E-state index in [1.807, 2.05) is 0 Å². The molecular weight excluding hydrogens is 388 g/mol. The average molecular weight is 415 g/mol. The van der Waals surface area contributed by atoms with Gasteiger partial charge in [0.25, 0.3) is 0 Å². The van der Waals surface area contributed by atoms with Gasteiger partial charge in [0.05, 0.1) is 17.5 Å². The van der Waals surface area contributed by atoms with Crippen LogP contribution in [0.1, 0.15) is 44.9 Å². The molecule has 27 heavy (non-hydrogen) atoms. The van der Waals surface area contributed by atoms with Crippen LogP contribution in [0.5, 0.6) is 0 Å². The number of sulfonamides is 1. The van der Waals surface area contributed by atoms with Gasteiger partial charge < -0.3 is 10.1 Å². The summed E-state index contributed by atoms with van der Waals surface area (Å²) in [6, 6.07) is 5.97. The molecule has 1 unspecified atom stereocenters. The van der Waals surface area contributed by atoms with Crippen LogP contribution in [-0.2, 0) is 19.6 Å². The van der Waals surface area contributed by atoms with Crippen LogP contribution in [0.4, 0.5) is 0 Å². The van der Waals surface area contributed by atoms with Crippen LogP contribution in [0.3, 0.4) is 0 Å². The number of nitrogens with one attached hydrogen (secondary N) is 1. The molecule has 2 fully saturated rings. The third-order valence-electron chi connectivity index (χ3n) is 5.25. The lowest BCUT2D eigenvalue weighted by Gasteiger charge is -2.33. The van der Waals surface area contributed by atoms with Crippen molar-refractivity contribution < 1.29 is 17.9 Å². The molecule has 1 atom stereocenters. The first kappa shape index (κ1) is 20.6. The Hall–Kier alpha value is -1.15. The first-order chi connectivity index (χ1) is 13.0. The fourth-order valence-corrected chi connectivity index (χ4v) is 5.52. The third kappa shape index (κ3) is 5.44. The van der Waals surface area contributed by atoms with E-state index in [1.165, 1.54) is 16.4 Å². The lowest BCUT2D eigenvalue weighted by atomic mass is 9.95. The Bertz CT molecular complexity index is 727. The number of benzene rings is 1. The van der Waals surface area contributed by atoms with Gasteiger partial charge in [-0.25, -0.2) is 8.42 Å². The summed E-state index contributed by atoms with van der Waals surface area (Å²) in [5, 5.41) is 3.31. The molecule has 1 saturated carbocycles. The highest BCUT2D eigenvalue weighted by Gasteiger charge is 2.34. The Morgan fingerprint density at radius 2 is 1.81 bits per heavy atom. The summed E-state index contributed by atoms with van der Waals surface area (Å²) in [6.07, 6.45) is 6.60. The van der Waals surface area contributed by atoms with Gasteiger partial charge in [0.15, 0.2) is 0 Å². The van der Waals surface area contributed by atoms with Crippen LogP contribution in [-0.4, -0.2) is 50.5 Å². The first-order valence-corrected chi connectivity index (χ1v) is 11.4. The number of ether oxygens (including phenoxy) is 1. The molecule has 1 aromatic rings. The summed E-state index contributed by atoms with van der Waals surface area (Å²) in [5.74, 6) is -0.284. The van der Waals surface area contributed by atoms with Crippen molar-refractivity contribution >= 4 is 27.5 Å². The number of amides is 1. The van der Waals surface area contributed by atoms with Gasteiger partial charge in [-0.3, -0.25) is 4.79 Å². The second kappa shape index (κ2) is 9.37. The molecule has 150 valence electrons. The van der Waals surface area contributed by atoms with E-state index in [9.17, 15) is 13.2 Å². The van der Waals surface area contributed by atoms with Crippen LogP contribution >= 0.6 is 11.6 Å². The van der Waals surface area contributed by atoms with Gasteiger partial charge in [0, 0.05) is 24.2 Å². The van der Waals surface area contributed by atoms with Crippen LogP contribution < -0.4 is 5.32 Å². The van der Waals surface area contributed by atoms with E-state index < -0.39 is 10.0 Å². The molecular formula is C19H27ClN2O4S. The van der Waals surface area contributed by atoms with Crippen LogP contribution in [0, 0.1) is 0 Å². The molecule has 1 aliphatic heterocycles. The minimum absolute atomic E-state index is 0.0324. The fourth-order valence-electron chi connectivity index (χ4n) is 3.75. The Morgan fingerprint density at radius 3 is 2.44 bits per heavy atom. The number of hydrogen-bond donors (Lipinski definition) is 1. The maximum atomic E-state index is 13.2. The normalized spacial score (nSPS) is 21.5. The van der Waals surface area contributed by atoms with Gasteiger partial charge in [-0.2, -0.15) is 4.31 Å². The Balaban J connectivity index is 1.73. The quantitative estimate of drug-likeness (QED) is 0.744. The van der Waals surface area contributed by atoms with Gasteiger partial charge in [0.1, 0.15) is 0 Å². The molecule has 6 nitrogen and oxygen atoms in total. The molecule has 1 aliphatic carbocycles. The van der Waals surface area contributed by atoms with Crippen LogP contribution in [0.25, 0.3) is 0 Å². The molecule has 0 spiro atoms. The molecule has 2 aliphatic rings. The molecule has 0 bridgehead atoms. The largest absolute Gasteiger partial charge is 0.376 e. The highest BCUT2D eigenvalue weighted by Crippen LogP contribution is 2.28. The SMILES string of the molecule is O=C(CN(C1CCCCC1)S(=O)(=O)c1ccc(Cl)cc1)NCC1CCCO1. The Morgan fingerprint density at radius 1 is 1.11 bits per heavy atom. The van der Waals surface area contributed by atoms with Gasteiger partial charge >= 0.3 is 0 Å². The van der Waals surface area contributed by atoms with Crippen LogP contribution in [0.15, 0.2) is 29.2 Å². The monoisotopic (exact) mass is 414 g/mol. The summed E-state index contributed by atoms with van der Waals surface area (Å²) < 4.78 is 33.3. The van der Waals surface area contributed by atoms with Gasteiger partial charge in [-0.15, -0.1) is 0 Å². The lowest BCUT2D eigenvalue weighted by Crippen LogP contribution is -2.47. The van der Waals surface area contributed by atoms with Crippen LogP contribution in [0.2, 0.25) is 5.02 Å². The van der Waals surface area contributed by atoms with Gasteiger partial charge in [0.2, 0.25) is 15.9 Å². The van der Waals surface area contributed by atoms with Crippen molar-refractivity contribution in [1.29, 1.82) is 0 Å². The molecule has 1 heterocycles. The maximum absolute atomic E-state index is 13.2.